The third-order valence-corrected chi connectivity index (χ3v) is 5.45. The Morgan fingerprint density at radius 2 is 1.68 bits per heavy atom. The summed E-state index contributed by atoms with van der Waals surface area (Å²) in [5.74, 6) is 1.82. The molecule has 0 atom stereocenters. The van der Waals surface area contributed by atoms with Gasteiger partial charge >= 0.3 is 6.09 Å². The summed E-state index contributed by atoms with van der Waals surface area (Å²) < 4.78 is 22.6. The number of nitrogens with zero attached hydrogens (tertiary/aromatic N) is 2. The first-order chi connectivity index (χ1) is 15.9. The molecule has 2 aromatic carbocycles. The van der Waals surface area contributed by atoms with Gasteiger partial charge in [-0.2, -0.15) is 0 Å². The molecule has 0 bridgehead atoms. The van der Waals surface area contributed by atoms with Crippen molar-refractivity contribution < 1.29 is 23.7 Å². The lowest BCUT2D eigenvalue weighted by Crippen LogP contribution is -2.35. The number of hydrogen-bond acceptors (Lipinski definition) is 6. The Kier molecular flexibility index (Phi) is 7.44. The van der Waals surface area contributed by atoms with Gasteiger partial charge < -0.3 is 23.8 Å². The fourth-order valence-corrected chi connectivity index (χ4v) is 3.72. The van der Waals surface area contributed by atoms with Gasteiger partial charge in [0, 0.05) is 19.2 Å². The first-order valence-electron chi connectivity index (χ1n) is 11.5. The smallest absolute Gasteiger partial charge is 0.410 e. The molecule has 2 aromatic rings. The number of likely N-dealkylation sites (N-methyl/N-ethyl adjacent to an activating group) is 1. The van der Waals surface area contributed by atoms with Gasteiger partial charge in [-0.3, -0.25) is 0 Å². The second-order valence-corrected chi connectivity index (χ2v) is 10.1. The fraction of sp³-hybridized carbons (Fsp3) is 0.481. The topological polar surface area (TPSA) is 69.6 Å². The van der Waals surface area contributed by atoms with Crippen molar-refractivity contribution in [3.63, 3.8) is 0 Å². The summed E-state index contributed by atoms with van der Waals surface area (Å²) in [5, 5.41) is 0. The van der Waals surface area contributed by atoms with Crippen molar-refractivity contribution in [2.24, 2.45) is 4.99 Å². The molecule has 0 saturated carbocycles. The molecule has 1 aliphatic rings. The van der Waals surface area contributed by atoms with Crippen LogP contribution in [0.25, 0.3) is 11.1 Å². The second-order valence-electron chi connectivity index (χ2n) is 10.1. The summed E-state index contributed by atoms with van der Waals surface area (Å²) in [6.45, 7) is 10.7. The number of methoxy groups -OCH3 is 2. The summed E-state index contributed by atoms with van der Waals surface area (Å²) in [4.78, 5) is 18.8. The van der Waals surface area contributed by atoms with E-state index in [9.17, 15) is 4.79 Å². The minimum atomic E-state index is -0.534. The zero-order valence-corrected chi connectivity index (χ0v) is 21.5. The molecule has 1 amide bonds. The standard InChI is InChI=1S/C27H36N2O5/c1-26(2,3)34-25(30)29(6)14-13-18-11-9-10-12-19(18)20-15-22(31-7)23(32-8)16-21(20)24-28-27(4,5)17-33-24/h9-12,15-16H,13-14,17H2,1-8H3. The van der Waals surface area contributed by atoms with Crippen molar-refractivity contribution in [3.05, 3.63) is 47.5 Å². The average Bonchev–Trinajstić information content (AvgIpc) is 3.15. The molecule has 0 unspecified atom stereocenters. The van der Waals surface area contributed by atoms with Gasteiger partial charge in [-0.1, -0.05) is 24.3 Å². The molecule has 0 fully saturated rings. The maximum Gasteiger partial charge on any atom is 0.410 e. The number of hydrogen-bond donors (Lipinski definition) is 0. The van der Waals surface area contributed by atoms with Gasteiger partial charge in [-0.05, 0) is 69.9 Å². The number of aliphatic imine (C=N–C) groups is 1. The van der Waals surface area contributed by atoms with Gasteiger partial charge in [-0.25, -0.2) is 9.79 Å². The highest BCUT2D eigenvalue weighted by atomic mass is 16.6. The molecule has 0 aromatic heterocycles. The Balaban J connectivity index is 2.00. The number of ether oxygens (including phenoxy) is 4. The van der Waals surface area contributed by atoms with Gasteiger partial charge in [0.25, 0.3) is 0 Å². The van der Waals surface area contributed by atoms with Gasteiger partial charge in [0.15, 0.2) is 11.5 Å². The molecule has 0 N–H and O–H groups in total. The van der Waals surface area contributed by atoms with Crippen LogP contribution in [-0.2, 0) is 15.9 Å². The Morgan fingerprint density at radius 1 is 1.06 bits per heavy atom. The predicted octanol–water partition coefficient (Wildman–Crippen LogP) is 5.34. The maximum atomic E-state index is 12.4. The molecule has 0 radical (unpaired) electrons. The van der Waals surface area contributed by atoms with Crippen molar-refractivity contribution in [2.75, 3.05) is 34.4 Å². The van der Waals surface area contributed by atoms with E-state index in [1.807, 2.05) is 58.9 Å². The van der Waals surface area contributed by atoms with Crippen molar-refractivity contribution in [1.29, 1.82) is 0 Å². The van der Waals surface area contributed by atoms with Gasteiger partial charge in [-0.15, -0.1) is 0 Å². The zero-order chi connectivity index (χ0) is 25.1. The molecule has 0 aliphatic carbocycles. The summed E-state index contributed by atoms with van der Waals surface area (Å²) in [6.07, 6.45) is 0.311. The number of amides is 1. The largest absolute Gasteiger partial charge is 0.493 e. The van der Waals surface area contributed by atoms with Gasteiger partial charge in [0.2, 0.25) is 5.90 Å². The number of carbonyl (C=O) groups excluding carboxylic acids is 1. The van der Waals surface area contributed by atoms with Crippen LogP contribution in [0, 0.1) is 0 Å². The summed E-state index contributed by atoms with van der Waals surface area (Å²) >= 11 is 0. The molecule has 3 rings (SSSR count). The monoisotopic (exact) mass is 468 g/mol. The normalized spacial score (nSPS) is 14.8. The lowest BCUT2D eigenvalue weighted by Gasteiger charge is -2.25. The molecule has 0 saturated heterocycles. The molecular formula is C27H36N2O5. The van der Waals surface area contributed by atoms with Crippen molar-refractivity contribution in [2.45, 2.75) is 52.2 Å². The van der Waals surface area contributed by atoms with E-state index >= 15 is 0 Å². The van der Waals surface area contributed by atoms with Crippen LogP contribution in [0.15, 0.2) is 41.4 Å². The van der Waals surface area contributed by atoms with Crippen LogP contribution >= 0.6 is 0 Å². The van der Waals surface area contributed by atoms with Crippen molar-refractivity contribution in [1.82, 2.24) is 4.90 Å². The van der Waals surface area contributed by atoms with E-state index in [-0.39, 0.29) is 11.6 Å². The number of benzene rings is 2. The van der Waals surface area contributed by atoms with Crippen molar-refractivity contribution >= 4 is 12.0 Å². The van der Waals surface area contributed by atoms with Gasteiger partial charge in [0.05, 0.1) is 19.8 Å². The van der Waals surface area contributed by atoms with Crippen LogP contribution in [0.1, 0.15) is 45.7 Å². The molecule has 34 heavy (non-hydrogen) atoms. The highest BCUT2D eigenvalue weighted by Crippen LogP contribution is 2.39. The zero-order valence-electron chi connectivity index (χ0n) is 21.5. The van der Waals surface area contributed by atoms with E-state index in [2.05, 4.69) is 12.1 Å². The number of carbonyl (C=O) groups is 1. The third kappa shape index (κ3) is 6.01. The molecule has 184 valence electrons. The average molecular weight is 469 g/mol. The quantitative estimate of drug-likeness (QED) is 0.549. The molecular weight excluding hydrogens is 432 g/mol. The van der Waals surface area contributed by atoms with Crippen LogP contribution in [0.4, 0.5) is 4.79 Å². The minimum Gasteiger partial charge on any atom is -0.493 e. The summed E-state index contributed by atoms with van der Waals surface area (Å²) in [5.41, 5.74) is 3.06. The molecule has 1 heterocycles. The second kappa shape index (κ2) is 9.95. The van der Waals surface area contributed by atoms with Crippen LogP contribution in [-0.4, -0.2) is 62.4 Å². The molecule has 7 heteroatoms. The molecule has 0 spiro atoms. The highest BCUT2D eigenvalue weighted by Gasteiger charge is 2.30. The van der Waals surface area contributed by atoms with E-state index in [1.54, 1.807) is 26.2 Å². The van der Waals surface area contributed by atoms with E-state index in [0.717, 1.165) is 22.3 Å². The van der Waals surface area contributed by atoms with Crippen LogP contribution in [0.2, 0.25) is 0 Å². The summed E-state index contributed by atoms with van der Waals surface area (Å²) in [7, 11) is 4.99. The lowest BCUT2D eigenvalue weighted by atomic mass is 9.93. The molecule has 1 aliphatic heterocycles. The first kappa shape index (κ1) is 25.4. The van der Waals surface area contributed by atoms with E-state index < -0.39 is 5.60 Å². The SMILES string of the molecule is COc1cc(C2=NC(C)(C)CO2)c(-c2ccccc2CCN(C)C(=O)OC(C)(C)C)cc1OC. The van der Waals surface area contributed by atoms with E-state index in [0.29, 0.717) is 37.0 Å². The van der Waals surface area contributed by atoms with E-state index in [4.69, 9.17) is 23.9 Å². The Hall–Kier alpha value is -3.22. The Bertz CT molecular complexity index is 1070. The Morgan fingerprint density at radius 3 is 2.24 bits per heavy atom. The fourth-order valence-electron chi connectivity index (χ4n) is 3.72. The van der Waals surface area contributed by atoms with Crippen molar-refractivity contribution in [3.8, 4) is 22.6 Å². The van der Waals surface area contributed by atoms with Crippen LogP contribution < -0.4 is 9.47 Å². The minimum absolute atomic E-state index is 0.296. The number of rotatable bonds is 7. The third-order valence-electron chi connectivity index (χ3n) is 5.45. The van der Waals surface area contributed by atoms with Gasteiger partial charge in [0.1, 0.15) is 12.2 Å². The van der Waals surface area contributed by atoms with Crippen LogP contribution in [0.5, 0.6) is 11.5 Å². The van der Waals surface area contributed by atoms with Crippen LogP contribution in [0.3, 0.4) is 0 Å². The van der Waals surface area contributed by atoms with E-state index in [1.165, 1.54) is 0 Å². The predicted molar refractivity (Wildman–Crippen MR) is 134 cm³/mol. The Labute approximate surface area is 202 Å². The highest BCUT2D eigenvalue weighted by molar-refractivity contribution is 6.03. The maximum absolute atomic E-state index is 12.4. The lowest BCUT2D eigenvalue weighted by molar-refractivity contribution is 0.0301. The summed E-state index contributed by atoms with van der Waals surface area (Å²) in [6, 6.07) is 12.0. The first-order valence-corrected chi connectivity index (χ1v) is 11.5. The molecule has 7 nitrogen and oxygen atoms in total.